The van der Waals surface area contributed by atoms with Crippen molar-refractivity contribution in [2.75, 3.05) is 18.5 Å². The fraction of sp³-hybridized carbons (Fsp3) is 0.278. The molecular weight excluding hydrogens is 276 g/mol. The van der Waals surface area contributed by atoms with E-state index in [0.717, 1.165) is 18.0 Å². The third-order valence-electron chi connectivity index (χ3n) is 3.86. The lowest BCUT2D eigenvalue weighted by atomic mass is 10.1. The zero-order valence-electron chi connectivity index (χ0n) is 12.9. The molecule has 0 saturated carbocycles. The molecule has 1 aliphatic heterocycles. The highest BCUT2D eigenvalue weighted by molar-refractivity contribution is 5.83. The van der Waals surface area contributed by atoms with Crippen LogP contribution >= 0.6 is 0 Å². The Labute approximate surface area is 130 Å². The van der Waals surface area contributed by atoms with E-state index < -0.39 is 6.10 Å². The number of hydrogen-bond donors (Lipinski definition) is 1. The number of para-hydroxylation sites is 2. The quantitative estimate of drug-likeness (QED) is 0.946. The van der Waals surface area contributed by atoms with Crippen LogP contribution < -0.4 is 15.0 Å². The maximum atomic E-state index is 12.0. The van der Waals surface area contributed by atoms with Gasteiger partial charge in [0.25, 0.3) is 5.91 Å². The molecule has 4 nitrogen and oxygen atoms in total. The third kappa shape index (κ3) is 2.91. The second-order valence-corrected chi connectivity index (χ2v) is 5.56. The Kier molecular flexibility index (Phi) is 4.00. The van der Waals surface area contributed by atoms with E-state index in [2.05, 4.69) is 41.4 Å². The predicted octanol–water partition coefficient (Wildman–Crippen LogP) is 2.51. The molecule has 1 amide bonds. The van der Waals surface area contributed by atoms with E-state index in [0.29, 0.717) is 6.54 Å². The lowest BCUT2D eigenvalue weighted by Gasteiger charge is -2.35. The fourth-order valence-corrected chi connectivity index (χ4v) is 2.79. The number of benzene rings is 2. The van der Waals surface area contributed by atoms with Gasteiger partial charge in [-0.1, -0.05) is 42.0 Å². The monoisotopic (exact) mass is 296 g/mol. The lowest BCUT2D eigenvalue weighted by molar-refractivity contribution is -0.127. The number of anilines is 1. The molecule has 114 valence electrons. The zero-order valence-corrected chi connectivity index (χ0v) is 12.9. The Bertz CT molecular complexity index is 684. The SMILES string of the molecule is CNC(=O)[C@@H]1CN(Cc2cccc(C)c2)c2ccccc2O1. The summed E-state index contributed by atoms with van der Waals surface area (Å²) in [6.45, 7) is 3.39. The van der Waals surface area contributed by atoms with Crippen molar-refractivity contribution >= 4 is 11.6 Å². The normalized spacial score (nSPS) is 16.6. The van der Waals surface area contributed by atoms with Gasteiger partial charge in [-0.2, -0.15) is 0 Å². The summed E-state index contributed by atoms with van der Waals surface area (Å²) in [7, 11) is 1.64. The van der Waals surface area contributed by atoms with Crippen LogP contribution in [-0.2, 0) is 11.3 Å². The van der Waals surface area contributed by atoms with Gasteiger partial charge in [0.15, 0.2) is 6.10 Å². The number of hydrogen-bond acceptors (Lipinski definition) is 3. The Morgan fingerprint density at radius 1 is 1.27 bits per heavy atom. The van der Waals surface area contributed by atoms with E-state index >= 15 is 0 Å². The molecule has 1 aliphatic rings. The molecule has 4 heteroatoms. The maximum Gasteiger partial charge on any atom is 0.262 e. The minimum absolute atomic E-state index is 0.0938. The smallest absolute Gasteiger partial charge is 0.262 e. The number of ether oxygens (including phenoxy) is 1. The van der Waals surface area contributed by atoms with Crippen LogP contribution in [0.15, 0.2) is 48.5 Å². The zero-order chi connectivity index (χ0) is 15.5. The number of aryl methyl sites for hydroxylation is 1. The average Bonchev–Trinajstić information content (AvgIpc) is 2.54. The lowest BCUT2D eigenvalue weighted by Crippen LogP contribution is -2.47. The van der Waals surface area contributed by atoms with Crippen LogP contribution in [0.2, 0.25) is 0 Å². The summed E-state index contributed by atoms with van der Waals surface area (Å²) in [4.78, 5) is 14.2. The average molecular weight is 296 g/mol. The molecule has 1 atom stereocenters. The van der Waals surface area contributed by atoms with Gasteiger partial charge >= 0.3 is 0 Å². The number of nitrogens with zero attached hydrogens (tertiary/aromatic N) is 1. The summed E-state index contributed by atoms with van der Waals surface area (Å²) >= 11 is 0. The van der Waals surface area contributed by atoms with Crippen LogP contribution in [0.3, 0.4) is 0 Å². The number of amides is 1. The van der Waals surface area contributed by atoms with Gasteiger partial charge in [0.2, 0.25) is 0 Å². The topological polar surface area (TPSA) is 41.6 Å². The van der Waals surface area contributed by atoms with Crippen molar-refractivity contribution in [3.63, 3.8) is 0 Å². The van der Waals surface area contributed by atoms with Crippen molar-refractivity contribution in [2.24, 2.45) is 0 Å². The van der Waals surface area contributed by atoms with Crippen molar-refractivity contribution in [3.8, 4) is 5.75 Å². The van der Waals surface area contributed by atoms with Crippen molar-refractivity contribution in [1.29, 1.82) is 0 Å². The van der Waals surface area contributed by atoms with Gasteiger partial charge in [0.1, 0.15) is 5.75 Å². The summed E-state index contributed by atoms with van der Waals surface area (Å²) in [6.07, 6.45) is -0.482. The molecule has 1 N–H and O–H groups in total. The van der Waals surface area contributed by atoms with E-state index in [9.17, 15) is 4.79 Å². The van der Waals surface area contributed by atoms with E-state index in [-0.39, 0.29) is 5.91 Å². The number of carbonyl (C=O) groups excluding carboxylic acids is 1. The molecule has 0 spiro atoms. The summed E-state index contributed by atoms with van der Waals surface area (Å²) in [6, 6.07) is 16.3. The van der Waals surface area contributed by atoms with E-state index in [1.165, 1.54) is 11.1 Å². The van der Waals surface area contributed by atoms with Gasteiger partial charge in [-0.25, -0.2) is 0 Å². The Hall–Kier alpha value is -2.49. The van der Waals surface area contributed by atoms with Crippen LogP contribution in [0.4, 0.5) is 5.69 Å². The molecule has 0 unspecified atom stereocenters. The first-order chi connectivity index (χ1) is 10.7. The Morgan fingerprint density at radius 2 is 2.09 bits per heavy atom. The first-order valence-electron chi connectivity index (χ1n) is 7.45. The van der Waals surface area contributed by atoms with E-state index in [1.54, 1.807) is 7.05 Å². The molecule has 0 aromatic heterocycles. The Balaban J connectivity index is 1.89. The second kappa shape index (κ2) is 6.10. The first-order valence-corrected chi connectivity index (χ1v) is 7.45. The summed E-state index contributed by atoms with van der Waals surface area (Å²) in [5.41, 5.74) is 3.50. The van der Waals surface area contributed by atoms with Gasteiger partial charge in [-0.15, -0.1) is 0 Å². The van der Waals surface area contributed by atoms with Gasteiger partial charge < -0.3 is 15.0 Å². The van der Waals surface area contributed by atoms with Gasteiger partial charge in [0.05, 0.1) is 12.2 Å². The van der Waals surface area contributed by atoms with Crippen LogP contribution in [0, 0.1) is 6.92 Å². The van der Waals surface area contributed by atoms with Gasteiger partial charge in [-0.3, -0.25) is 4.79 Å². The number of nitrogens with one attached hydrogen (secondary N) is 1. The van der Waals surface area contributed by atoms with E-state index in [1.807, 2.05) is 24.3 Å². The summed E-state index contributed by atoms with van der Waals surface area (Å²) in [5.74, 6) is 0.666. The molecule has 1 heterocycles. The standard InChI is InChI=1S/C18H20N2O2/c1-13-6-5-7-14(10-13)11-20-12-17(18(21)19-2)22-16-9-4-3-8-15(16)20/h3-10,17H,11-12H2,1-2H3,(H,19,21)/t17-/m0/s1. The maximum absolute atomic E-state index is 12.0. The highest BCUT2D eigenvalue weighted by Crippen LogP contribution is 2.34. The summed E-state index contributed by atoms with van der Waals surface area (Å²) in [5, 5.41) is 2.67. The summed E-state index contributed by atoms with van der Waals surface area (Å²) < 4.78 is 5.82. The highest BCUT2D eigenvalue weighted by Gasteiger charge is 2.29. The number of likely N-dealkylation sites (N-methyl/N-ethyl adjacent to an activating group) is 1. The minimum atomic E-state index is -0.482. The van der Waals surface area contributed by atoms with Crippen LogP contribution in [0.1, 0.15) is 11.1 Å². The molecule has 3 rings (SSSR count). The number of carbonyl (C=O) groups is 1. The second-order valence-electron chi connectivity index (χ2n) is 5.56. The van der Waals surface area contributed by atoms with E-state index in [4.69, 9.17) is 4.74 Å². The largest absolute Gasteiger partial charge is 0.477 e. The highest BCUT2D eigenvalue weighted by atomic mass is 16.5. The molecule has 2 aromatic rings. The molecule has 0 radical (unpaired) electrons. The molecule has 0 aliphatic carbocycles. The Morgan fingerprint density at radius 3 is 2.86 bits per heavy atom. The van der Waals surface area contributed by atoms with Gasteiger partial charge in [-0.05, 0) is 24.6 Å². The first kappa shape index (κ1) is 14.4. The van der Waals surface area contributed by atoms with Crippen molar-refractivity contribution in [3.05, 3.63) is 59.7 Å². The predicted molar refractivity (Wildman–Crippen MR) is 87.2 cm³/mol. The van der Waals surface area contributed by atoms with Crippen molar-refractivity contribution in [2.45, 2.75) is 19.6 Å². The van der Waals surface area contributed by atoms with Crippen LogP contribution in [-0.4, -0.2) is 25.6 Å². The molecule has 22 heavy (non-hydrogen) atoms. The van der Waals surface area contributed by atoms with Crippen molar-refractivity contribution < 1.29 is 9.53 Å². The third-order valence-corrected chi connectivity index (χ3v) is 3.86. The fourth-order valence-electron chi connectivity index (χ4n) is 2.79. The minimum Gasteiger partial charge on any atom is -0.477 e. The molecular formula is C18H20N2O2. The molecule has 0 fully saturated rings. The molecule has 0 saturated heterocycles. The van der Waals surface area contributed by atoms with Gasteiger partial charge in [0, 0.05) is 13.6 Å². The number of rotatable bonds is 3. The van der Waals surface area contributed by atoms with Crippen LogP contribution in [0.25, 0.3) is 0 Å². The molecule has 2 aromatic carbocycles. The van der Waals surface area contributed by atoms with Crippen LogP contribution in [0.5, 0.6) is 5.75 Å². The van der Waals surface area contributed by atoms with Crippen molar-refractivity contribution in [1.82, 2.24) is 5.32 Å². The molecule has 0 bridgehead atoms. The number of fused-ring (bicyclic) bond motifs is 1.